The molecular formula is C14H22FNO. The van der Waals surface area contributed by atoms with Crippen LogP contribution in [0.1, 0.15) is 38.8 Å². The highest BCUT2D eigenvalue weighted by molar-refractivity contribution is 5.20. The number of ether oxygens (including phenoxy) is 1. The van der Waals surface area contributed by atoms with E-state index < -0.39 is 6.04 Å². The lowest BCUT2D eigenvalue weighted by atomic mass is 10.1. The number of rotatable bonds is 6. The largest absolute Gasteiger partial charge is 0.377 e. The van der Waals surface area contributed by atoms with E-state index in [9.17, 15) is 4.39 Å². The van der Waals surface area contributed by atoms with Gasteiger partial charge >= 0.3 is 0 Å². The maximum atomic E-state index is 13.4. The minimum atomic E-state index is -0.397. The Morgan fingerprint density at radius 1 is 1.24 bits per heavy atom. The Kier molecular flexibility index (Phi) is 5.59. The van der Waals surface area contributed by atoms with Crippen molar-refractivity contribution in [3.05, 3.63) is 35.6 Å². The predicted octanol–water partition coefficient (Wildman–Crippen LogP) is 3.28. The van der Waals surface area contributed by atoms with Crippen LogP contribution in [0.25, 0.3) is 0 Å². The first-order valence-electron chi connectivity index (χ1n) is 6.12. The molecule has 2 N–H and O–H groups in total. The van der Waals surface area contributed by atoms with Gasteiger partial charge in [0.05, 0.1) is 18.8 Å². The lowest BCUT2D eigenvalue weighted by molar-refractivity contribution is 0.0425. The van der Waals surface area contributed by atoms with Crippen LogP contribution in [-0.4, -0.2) is 12.7 Å². The minimum absolute atomic E-state index is 0.160. The maximum absolute atomic E-state index is 13.4. The van der Waals surface area contributed by atoms with E-state index in [1.807, 2.05) is 6.92 Å². The Labute approximate surface area is 103 Å². The van der Waals surface area contributed by atoms with Gasteiger partial charge in [0.1, 0.15) is 5.82 Å². The summed E-state index contributed by atoms with van der Waals surface area (Å²) in [6.07, 6.45) is 1.15. The highest BCUT2D eigenvalue weighted by atomic mass is 19.1. The molecule has 2 unspecified atom stereocenters. The van der Waals surface area contributed by atoms with Crippen molar-refractivity contribution in [2.45, 2.75) is 39.3 Å². The van der Waals surface area contributed by atoms with Crippen LogP contribution >= 0.6 is 0 Å². The first kappa shape index (κ1) is 14.1. The SMILES string of the molecule is CC(C)CC(C)OCC(N)c1ccccc1F. The van der Waals surface area contributed by atoms with E-state index >= 15 is 0 Å². The number of nitrogens with two attached hydrogens (primary N) is 1. The van der Waals surface area contributed by atoms with E-state index in [2.05, 4.69) is 13.8 Å². The van der Waals surface area contributed by atoms with Crippen molar-refractivity contribution >= 4 is 0 Å². The van der Waals surface area contributed by atoms with Crippen molar-refractivity contribution in [1.82, 2.24) is 0 Å². The third kappa shape index (κ3) is 4.84. The average Bonchev–Trinajstić information content (AvgIpc) is 2.25. The van der Waals surface area contributed by atoms with Gasteiger partial charge in [-0.15, -0.1) is 0 Å². The standard InChI is InChI=1S/C14H22FNO/c1-10(2)8-11(3)17-9-14(16)12-6-4-5-7-13(12)15/h4-7,10-11,14H,8-9,16H2,1-3H3. The number of halogens is 1. The Morgan fingerprint density at radius 2 is 1.88 bits per heavy atom. The fourth-order valence-corrected chi connectivity index (χ4v) is 1.87. The Balaban J connectivity index is 2.45. The fraction of sp³-hybridized carbons (Fsp3) is 0.571. The predicted molar refractivity (Wildman–Crippen MR) is 68.2 cm³/mol. The van der Waals surface area contributed by atoms with Crippen LogP contribution in [0.3, 0.4) is 0 Å². The summed E-state index contributed by atoms with van der Waals surface area (Å²) < 4.78 is 19.1. The summed E-state index contributed by atoms with van der Waals surface area (Å²) >= 11 is 0. The van der Waals surface area contributed by atoms with E-state index in [0.717, 1.165) is 6.42 Å². The van der Waals surface area contributed by atoms with Crippen LogP contribution in [0.15, 0.2) is 24.3 Å². The maximum Gasteiger partial charge on any atom is 0.128 e. The lowest BCUT2D eigenvalue weighted by Gasteiger charge is -2.19. The minimum Gasteiger partial charge on any atom is -0.377 e. The van der Waals surface area contributed by atoms with Gasteiger partial charge in [0.2, 0.25) is 0 Å². The van der Waals surface area contributed by atoms with Gasteiger partial charge in [-0.25, -0.2) is 4.39 Å². The van der Waals surface area contributed by atoms with E-state index in [0.29, 0.717) is 18.1 Å². The van der Waals surface area contributed by atoms with Gasteiger partial charge < -0.3 is 10.5 Å². The van der Waals surface area contributed by atoms with Gasteiger partial charge in [-0.1, -0.05) is 32.0 Å². The van der Waals surface area contributed by atoms with E-state index in [1.165, 1.54) is 6.07 Å². The summed E-state index contributed by atoms with van der Waals surface area (Å²) in [6.45, 7) is 6.68. The van der Waals surface area contributed by atoms with Crippen LogP contribution in [0.4, 0.5) is 4.39 Å². The number of hydrogen-bond donors (Lipinski definition) is 1. The second-order valence-electron chi connectivity index (χ2n) is 4.90. The van der Waals surface area contributed by atoms with Gasteiger partial charge in [-0.2, -0.15) is 0 Å². The summed E-state index contributed by atoms with van der Waals surface area (Å²) in [5.74, 6) is 0.329. The van der Waals surface area contributed by atoms with Gasteiger partial charge in [-0.05, 0) is 25.3 Å². The second kappa shape index (κ2) is 6.72. The third-order valence-electron chi connectivity index (χ3n) is 2.67. The Morgan fingerprint density at radius 3 is 2.47 bits per heavy atom. The highest BCUT2D eigenvalue weighted by Gasteiger charge is 2.13. The molecule has 0 amide bonds. The van der Waals surface area contributed by atoms with Crippen LogP contribution in [0.2, 0.25) is 0 Å². The highest BCUT2D eigenvalue weighted by Crippen LogP contribution is 2.16. The summed E-state index contributed by atoms with van der Waals surface area (Å²) in [5, 5.41) is 0. The summed E-state index contributed by atoms with van der Waals surface area (Å²) in [6, 6.07) is 6.18. The van der Waals surface area contributed by atoms with Gasteiger partial charge in [0.25, 0.3) is 0 Å². The van der Waals surface area contributed by atoms with Crippen molar-refractivity contribution < 1.29 is 9.13 Å². The van der Waals surface area contributed by atoms with Crippen LogP contribution in [0, 0.1) is 11.7 Å². The van der Waals surface area contributed by atoms with Crippen LogP contribution < -0.4 is 5.73 Å². The molecule has 0 aliphatic rings. The monoisotopic (exact) mass is 239 g/mol. The molecule has 0 saturated heterocycles. The normalized spacial score (nSPS) is 14.9. The van der Waals surface area contributed by atoms with Crippen molar-refractivity contribution in [2.75, 3.05) is 6.61 Å². The average molecular weight is 239 g/mol. The number of hydrogen-bond acceptors (Lipinski definition) is 2. The zero-order valence-electron chi connectivity index (χ0n) is 10.8. The second-order valence-corrected chi connectivity index (χ2v) is 4.90. The molecule has 0 aliphatic heterocycles. The van der Waals surface area contributed by atoms with Gasteiger partial charge in [-0.3, -0.25) is 0 Å². The van der Waals surface area contributed by atoms with E-state index in [4.69, 9.17) is 10.5 Å². The third-order valence-corrected chi connectivity index (χ3v) is 2.67. The smallest absolute Gasteiger partial charge is 0.128 e. The van der Waals surface area contributed by atoms with Crippen molar-refractivity contribution in [1.29, 1.82) is 0 Å². The molecule has 0 heterocycles. The summed E-state index contributed by atoms with van der Waals surface area (Å²) in [4.78, 5) is 0. The molecule has 3 heteroatoms. The lowest BCUT2D eigenvalue weighted by Crippen LogP contribution is -2.22. The van der Waals surface area contributed by atoms with Crippen LogP contribution in [-0.2, 0) is 4.74 Å². The first-order valence-corrected chi connectivity index (χ1v) is 6.12. The van der Waals surface area contributed by atoms with E-state index in [-0.39, 0.29) is 11.9 Å². The summed E-state index contributed by atoms with van der Waals surface area (Å²) in [7, 11) is 0. The quantitative estimate of drug-likeness (QED) is 0.826. The van der Waals surface area contributed by atoms with Crippen LogP contribution in [0.5, 0.6) is 0 Å². The molecule has 96 valence electrons. The number of benzene rings is 1. The van der Waals surface area contributed by atoms with Gasteiger partial charge in [0, 0.05) is 5.56 Å². The van der Waals surface area contributed by atoms with Crippen molar-refractivity contribution in [3.63, 3.8) is 0 Å². The molecule has 2 atom stereocenters. The van der Waals surface area contributed by atoms with E-state index in [1.54, 1.807) is 18.2 Å². The van der Waals surface area contributed by atoms with Crippen molar-refractivity contribution in [2.24, 2.45) is 11.7 Å². The Hall–Kier alpha value is -0.930. The summed E-state index contributed by atoms with van der Waals surface area (Å²) in [5.41, 5.74) is 6.43. The molecule has 2 nitrogen and oxygen atoms in total. The zero-order chi connectivity index (χ0) is 12.8. The van der Waals surface area contributed by atoms with Crippen molar-refractivity contribution in [3.8, 4) is 0 Å². The molecule has 17 heavy (non-hydrogen) atoms. The molecule has 0 spiro atoms. The molecular weight excluding hydrogens is 217 g/mol. The topological polar surface area (TPSA) is 35.2 Å². The molecule has 1 aromatic carbocycles. The van der Waals surface area contributed by atoms with Gasteiger partial charge in [0.15, 0.2) is 0 Å². The molecule has 1 rings (SSSR count). The molecule has 0 aliphatic carbocycles. The molecule has 0 saturated carbocycles. The molecule has 0 radical (unpaired) electrons. The molecule has 0 fully saturated rings. The molecule has 0 bridgehead atoms. The molecule has 1 aromatic rings. The fourth-order valence-electron chi connectivity index (χ4n) is 1.87. The zero-order valence-corrected chi connectivity index (χ0v) is 10.8. The molecule has 0 aromatic heterocycles. The first-order chi connectivity index (χ1) is 8.00. The Bertz CT molecular complexity index is 341.